The summed E-state index contributed by atoms with van der Waals surface area (Å²) in [5, 5.41) is 7.37. The lowest BCUT2D eigenvalue weighted by atomic mass is 10.1. The van der Waals surface area contributed by atoms with Crippen molar-refractivity contribution in [3.05, 3.63) is 17.5 Å². The standard InChI is InChI=1S/C16H27N3O3/c1-12-10-14(22-18-12)11-17-13-6-5-8-19(9-7-13)15(20)21-16(2,3)4/h10,13,17H,5-9,11H2,1-4H3. The van der Waals surface area contributed by atoms with E-state index in [4.69, 9.17) is 9.26 Å². The van der Waals surface area contributed by atoms with Gasteiger partial charge in [0.15, 0.2) is 5.76 Å². The molecule has 0 aliphatic carbocycles. The largest absolute Gasteiger partial charge is 0.444 e. The minimum absolute atomic E-state index is 0.209. The maximum absolute atomic E-state index is 12.1. The Bertz CT molecular complexity index is 493. The molecule has 0 aromatic carbocycles. The van der Waals surface area contributed by atoms with Gasteiger partial charge in [-0.3, -0.25) is 0 Å². The second-order valence-electron chi connectivity index (χ2n) is 6.91. The summed E-state index contributed by atoms with van der Waals surface area (Å²) in [6.45, 7) is 9.76. The molecule has 1 unspecified atom stereocenters. The van der Waals surface area contributed by atoms with Crippen LogP contribution >= 0.6 is 0 Å². The number of likely N-dealkylation sites (tertiary alicyclic amines) is 1. The molecular weight excluding hydrogens is 282 g/mol. The van der Waals surface area contributed by atoms with Crippen LogP contribution in [0.25, 0.3) is 0 Å². The smallest absolute Gasteiger partial charge is 0.410 e. The fourth-order valence-electron chi connectivity index (χ4n) is 2.55. The highest BCUT2D eigenvalue weighted by molar-refractivity contribution is 5.68. The zero-order valence-electron chi connectivity index (χ0n) is 14.0. The first-order valence-electron chi connectivity index (χ1n) is 7.97. The molecule has 1 N–H and O–H groups in total. The Hall–Kier alpha value is -1.56. The number of aryl methyl sites for hydroxylation is 1. The molecule has 2 rings (SSSR count). The van der Waals surface area contributed by atoms with Crippen LogP contribution in [-0.4, -0.2) is 40.9 Å². The van der Waals surface area contributed by atoms with Crippen LogP contribution in [0.5, 0.6) is 0 Å². The van der Waals surface area contributed by atoms with Gasteiger partial charge in [-0.15, -0.1) is 0 Å². The van der Waals surface area contributed by atoms with Gasteiger partial charge in [-0.1, -0.05) is 5.16 Å². The maximum atomic E-state index is 12.1. The Balaban J connectivity index is 1.78. The van der Waals surface area contributed by atoms with Crippen molar-refractivity contribution < 1.29 is 14.1 Å². The van der Waals surface area contributed by atoms with Crippen molar-refractivity contribution in [1.29, 1.82) is 0 Å². The van der Waals surface area contributed by atoms with Crippen molar-refractivity contribution in [3.63, 3.8) is 0 Å². The van der Waals surface area contributed by atoms with Gasteiger partial charge >= 0.3 is 6.09 Å². The number of ether oxygens (including phenoxy) is 1. The number of hydrogen-bond acceptors (Lipinski definition) is 5. The number of nitrogens with zero attached hydrogens (tertiary/aromatic N) is 2. The van der Waals surface area contributed by atoms with Gasteiger partial charge in [0.2, 0.25) is 0 Å². The fourth-order valence-corrected chi connectivity index (χ4v) is 2.55. The van der Waals surface area contributed by atoms with E-state index in [1.54, 1.807) is 0 Å². The zero-order valence-corrected chi connectivity index (χ0v) is 14.0. The molecule has 1 aromatic heterocycles. The average Bonchev–Trinajstić information content (AvgIpc) is 2.69. The maximum Gasteiger partial charge on any atom is 0.410 e. The SMILES string of the molecule is Cc1cc(CNC2CCCN(C(=O)OC(C)(C)C)CC2)on1. The molecule has 2 heterocycles. The van der Waals surface area contributed by atoms with Gasteiger partial charge in [-0.2, -0.15) is 0 Å². The van der Waals surface area contributed by atoms with E-state index >= 15 is 0 Å². The Morgan fingerprint density at radius 2 is 2.23 bits per heavy atom. The van der Waals surface area contributed by atoms with Crippen LogP contribution in [0.1, 0.15) is 51.5 Å². The van der Waals surface area contributed by atoms with Gasteiger partial charge in [-0.25, -0.2) is 4.79 Å². The van der Waals surface area contributed by atoms with Gasteiger partial charge < -0.3 is 19.5 Å². The molecule has 1 atom stereocenters. The number of carbonyl (C=O) groups excluding carboxylic acids is 1. The van der Waals surface area contributed by atoms with Gasteiger partial charge in [0.05, 0.1) is 12.2 Å². The molecule has 0 radical (unpaired) electrons. The third-order valence-corrected chi connectivity index (χ3v) is 3.62. The lowest BCUT2D eigenvalue weighted by molar-refractivity contribution is 0.0256. The van der Waals surface area contributed by atoms with Gasteiger partial charge in [0.25, 0.3) is 0 Å². The van der Waals surface area contributed by atoms with Crippen molar-refractivity contribution in [1.82, 2.24) is 15.4 Å². The van der Waals surface area contributed by atoms with Crippen LogP contribution in [-0.2, 0) is 11.3 Å². The first-order valence-corrected chi connectivity index (χ1v) is 7.97. The number of nitrogens with one attached hydrogen (secondary N) is 1. The second-order valence-corrected chi connectivity index (χ2v) is 6.91. The molecule has 1 fully saturated rings. The van der Waals surface area contributed by atoms with Crippen LogP contribution in [0.3, 0.4) is 0 Å². The highest BCUT2D eigenvalue weighted by Crippen LogP contribution is 2.16. The van der Waals surface area contributed by atoms with E-state index in [2.05, 4.69) is 10.5 Å². The van der Waals surface area contributed by atoms with Crippen molar-refractivity contribution in [2.24, 2.45) is 0 Å². The second kappa shape index (κ2) is 7.13. The summed E-state index contributed by atoms with van der Waals surface area (Å²) in [5.74, 6) is 0.853. The van der Waals surface area contributed by atoms with E-state index in [0.29, 0.717) is 12.6 Å². The Morgan fingerprint density at radius 1 is 1.45 bits per heavy atom. The first kappa shape index (κ1) is 16.8. The number of amides is 1. The van der Waals surface area contributed by atoms with Crippen molar-refractivity contribution in [2.45, 2.75) is 65.1 Å². The predicted octanol–water partition coefficient (Wildman–Crippen LogP) is 2.86. The van der Waals surface area contributed by atoms with Crippen LogP contribution in [0.4, 0.5) is 4.79 Å². The first-order chi connectivity index (χ1) is 10.3. The molecule has 22 heavy (non-hydrogen) atoms. The molecule has 6 nitrogen and oxygen atoms in total. The summed E-state index contributed by atoms with van der Waals surface area (Å²) < 4.78 is 10.6. The molecule has 1 aliphatic heterocycles. The van der Waals surface area contributed by atoms with Crippen LogP contribution in [0.2, 0.25) is 0 Å². The van der Waals surface area contributed by atoms with E-state index in [0.717, 1.165) is 43.8 Å². The monoisotopic (exact) mass is 309 g/mol. The predicted molar refractivity (Wildman–Crippen MR) is 83.5 cm³/mol. The molecule has 6 heteroatoms. The average molecular weight is 309 g/mol. The zero-order chi connectivity index (χ0) is 16.2. The van der Waals surface area contributed by atoms with Crippen molar-refractivity contribution in [2.75, 3.05) is 13.1 Å². The Morgan fingerprint density at radius 3 is 2.86 bits per heavy atom. The fraction of sp³-hybridized carbons (Fsp3) is 0.750. The topological polar surface area (TPSA) is 67.6 Å². The molecule has 0 spiro atoms. The van der Waals surface area contributed by atoms with Crippen LogP contribution in [0.15, 0.2) is 10.6 Å². The Kier molecular flexibility index (Phi) is 5.45. The highest BCUT2D eigenvalue weighted by Gasteiger charge is 2.25. The lowest BCUT2D eigenvalue weighted by Crippen LogP contribution is -2.38. The Labute approximate surface area is 132 Å². The summed E-state index contributed by atoms with van der Waals surface area (Å²) in [6.07, 6.45) is 2.74. The number of hydrogen-bond donors (Lipinski definition) is 1. The van der Waals surface area contributed by atoms with E-state index in [9.17, 15) is 4.79 Å². The van der Waals surface area contributed by atoms with Crippen LogP contribution in [0, 0.1) is 6.92 Å². The molecule has 1 amide bonds. The summed E-state index contributed by atoms with van der Waals surface area (Å²) in [4.78, 5) is 13.9. The van der Waals surface area contributed by atoms with E-state index in [1.807, 2.05) is 38.7 Å². The van der Waals surface area contributed by atoms with Crippen molar-refractivity contribution >= 4 is 6.09 Å². The van der Waals surface area contributed by atoms with Gasteiger partial charge in [0.1, 0.15) is 5.60 Å². The number of carbonyl (C=O) groups is 1. The molecule has 1 aromatic rings. The molecular formula is C16H27N3O3. The van der Waals surface area contributed by atoms with E-state index in [-0.39, 0.29) is 6.09 Å². The highest BCUT2D eigenvalue weighted by atomic mass is 16.6. The molecule has 0 bridgehead atoms. The van der Waals surface area contributed by atoms with E-state index in [1.165, 1.54) is 0 Å². The lowest BCUT2D eigenvalue weighted by Gasteiger charge is -2.26. The third kappa shape index (κ3) is 5.33. The summed E-state index contributed by atoms with van der Waals surface area (Å²) in [6, 6.07) is 2.33. The summed E-state index contributed by atoms with van der Waals surface area (Å²) in [7, 11) is 0. The summed E-state index contributed by atoms with van der Waals surface area (Å²) >= 11 is 0. The number of aromatic nitrogens is 1. The quantitative estimate of drug-likeness (QED) is 0.930. The normalized spacial score (nSPS) is 19.8. The number of rotatable bonds is 3. The molecule has 124 valence electrons. The molecule has 1 saturated heterocycles. The van der Waals surface area contributed by atoms with Gasteiger partial charge in [0, 0.05) is 25.2 Å². The molecule has 1 aliphatic rings. The van der Waals surface area contributed by atoms with Gasteiger partial charge in [-0.05, 0) is 47.0 Å². The minimum atomic E-state index is -0.439. The third-order valence-electron chi connectivity index (χ3n) is 3.62. The van der Waals surface area contributed by atoms with E-state index < -0.39 is 5.60 Å². The van der Waals surface area contributed by atoms with Crippen molar-refractivity contribution in [3.8, 4) is 0 Å². The minimum Gasteiger partial charge on any atom is -0.444 e. The van der Waals surface area contributed by atoms with Crippen LogP contribution < -0.4 is 5.32 Å². The summed E-state index contributed by atoms with van der Waals surface area (Å²) in [5.41, 5.74) is 0.458. The molecule has 0 saturated carbocycles.